The number of benzene rings is 1. The number of nitrogens with zero attached hydrogens (tertiary/aromatic N) is 1. The lowest BCUT2D eigenvalue weighted by molar-refractivity contribution is 0.117. The third-order valence-corrected chi connectivity index (χ3v) is 4.25. The second-order valence-electron chi connectivity index (χ2n) is 5.83. The minimum absolute atomic E-state index is 0. The van der Waals surface area contributed by atoms with E-state index in [4.69, 9.17) is 5.73 Å². The summed E-state index contributed by atoms with van der Waals surface area (Å²) >= 11 is 0. The van der Waals surface area contributed by atoms with Gasteiger partial charge < -0.3 is 5.73 Å². The Morgan fingerprint density at radius 3 is 2.63 bits per heavy atom. The number of piperidine rings is 1. The maximum atomic E-state index is 5.93. The normalized spacial score (nSPS) is 25.6. The number of hydrogen-bond acceptors (Lipinski definition) is 2. The number of nitrogens with two attached hydrogens (primary N) is 1. The van der Waals surface area contributed by atoms with E-state index >= 15 is 0 Å². The van der Waals surface area contributed by atoms with Crippen molar-refractivity contribution in [2.45, 2.75) is 38.6 Å². The van der Waals surface area contributed by atoms with Gasteiger partial charge in [-0.2, -0.15) is 0 Å². The number of rotatable bonds is 4. The third-order valence-electron chi connectivity index (χ3n) is 4.25. The van der Waals surface area contributed by atoms with Crippen LogP contribution in [0.5, 0.6) is 0 Å². The average Bonchev–Trinajstić information content (AvgIpc) is 2.41. The molecule has 1 aliphatic heterocycles. The van der Waals surface area contributed by atoms with E-state index in [9.17, 15) is 0 Å². The topological polar surface area (TPSA) is 29.3 Å². The summed E-state index contributed by atoms with van der Waals surface area (Å²) < 4.78 is 0. The highest BCUT2D eigenvalue weighted by atomic mass is 35.5. The Morgan fingerprint density at radius 2 is 2.00 bits per heavy atom. The zero-order valence-corrected chi connectivity index (χ0v) is 12.9. The molecule has 1 heterocycles. The van der Waals surface area contributed by atoms with E-state index in [-0.39, 0.29) is 12.4 Å². The van der Waals surface area contributed by atoms with Crippen LogP contribution in [0.15, 0.2) is 30.3 Å². The van der Waals surface area contributed by atoms with Gasteiger partial charge in [0.25, 0.3) is 0 Å². The van der Waals surface area contributed by atoms with Crippen molar-refractivity contribution >= 4 is 12.4 Å². The first kappa shape index (κ1) is 16.5. The van der Waals surface area contributed by atoms with Gasteiger partial charge in [-0.15, -0.1) is 12.4 Å². The van der Waals surface area contributed by atoms with E-state index in [1.807, 2.05) is 0 Å². The van der Waals surface area contributed by atoms with E-state index in [1.165, 1.54) is 24.9 Å². The zero-order valence-electron chi connectivity index (χ0n) is 12.1. The first-order chi connectivity index (χ1) is 8.70. The van der Waals surface area contributed by atoms with Crippen LogP contribution in [0, 0.1) is 5.92 Å². The van der Waals surface area contributed by atoms with Crippen LogP contribution >= 0.6 is 12.4 Å². The van der Waals surface area contributed by atoms with E-state index < -0.39 is 0 Å². The summed E-state index contributed by atoms with van der Waals surface area (Å²) in [5.74, 6) is 1.43. The average molecular weight is 283 g/mol. The van der Waals surface area contributed by atoms with Crippen molar-refractivity contribution in [3.05, 3.63) is 35.9 Å². The summed E-state index contributed by atoms with van der Waals surface area (Å²) in [6.45, 7) is 7.81. The van der Waals surface area contributed by atoms with Gasteiger partial charge in [0, 0.05) is 19.1 Å². The summed E-state index contributed by atoms with van der Waals surface area (Å²) in [6, 6.07) is 11.4. The lowest BCUT2D eigenvalue weighted by atomic mass is 9.90. The molecule has 1 saturated heterocycles. The molecule has 2 rings (SSSR count). The number of likely N-dealkylation sites (tertiary alicyclic amines) is 1. The van der Waals surface area contributed by atoms with Crippen LogP contribution in [-0.4, -0.2) is 30.6 Å². The fraction of sp³-hybridized carbons (Fsp3) is 0.625. The monoisotopic (exact) mass is 282 g/mol. The number of hydrogen-bond donors (Lipinski definition) is 1. The van der Waals surface area contributed by atoms with Crippen LogP contribution in [-0.2, 0) is 0 Å². The van der Waals surface area contributed by atoms with Crippen LogP contribution in [0.3, 0.4) is 0 Å². The molecule has 1 aromatic carbocycles. The fourth-order valence-electron chi connectivity index (χ4n) is 3.02. The van der Waals surface area contributed by atoms with Crippen LogP contribution in [0.2, 0.25) is 0 Å². The van der Waals surface area contributed by atoms with Gasteiger partial charge in [0.2, 0.25) is 0 Å². The number of halogens is 1. The molecule has 0 saturated carbocycles. The quantitative estimate of drug-likeness (QED) is 0.918. The van der Waals surface area contributed by atoms with E-state index in [1.54, 1.807) is 0 Å². The van der Waals surface area contributed by atoms with Crippen molar-refractivity contribution in [2.24, 2.45) is 11.7 Å². The molecule has 0 aromatic heterocycles. The Bertz CT molecular complexity index is 355. The lowest BCUT2D eigenvalue weighted by Gasteiger charge is -2.39. The Balaban J connectivity index is 0.00000180. The van der Waals surface area contributed by atoms with Crippen molar-refractivity contribution in [1.29, 1.82) is 0 Å². The predicted octanol–water partition coefficient (Wildman–Crippen LogP) is 3.27. The molecule has 3 atom stereocenters. The summed E-state index contributed by atoms with van der Waals surface area (Å²) in [7, 11) is 0. The van der Waals surface area contributed by atoms with Gasteiger partial charge in [0.15, 0.2) is 0 Å². The fourth-order valence-corrected chi connectivity index (χ4v) is 3.02. The van der Waals surface area contributed by atoms with Crippen molar-refractivity contribution in [1.82, 2.24) is 4.90 Å². The maximum Gasteiger partial charge on any atom is 0.0221 e. The van der Waals surface area contributed by atoms with Gasteiger partial charge in [-0.1, -0.05) is 44.2 Å². The van der Waals surface area contributed by atoms with Gasteiger partial charge >= 0.3 is 0 Å². The van der Waals surface area contributed by atoms with E-state index in [0.29, 0.717) is 12.0 Å². The molecule has 108 valence electrons. The van der Waals surface area contributed by atoms with Gasteiger partial charge in [-0.25, -0.2) is 0 Å². The molecule has 2 N–H and O–H groups in total. The highest BCUT2D eigenvalue weighted by Crippen LogP contribution is 2.25. The second-order valence-corrected chi connectivity index (χ2v) is 5.83. The van der Waals surface area contributed by atoms with Crippen LogP contribution < -0.4 is 5.73 Å². The standard InChI is InChI=1S/C16H26N2.ClH/c1-13-8-9-18(16(10-13)11-17)12-14(2)15-6-4-3-5-7-15;/h3-7,13-14,16H,8-12,17H2,1-2H3;1H. The second kappa shape index (κ2) is 7.88. The molecule has 2 nitrogen and oxygen atoms in total. The largest absolute Gasteiger partial charge is 0.329 e. The zero-order chi connectivity index (χ0) is 13.0. The van der Waals surface area contributed by atoms with Gasteiger partial charge in [0.1, 0.15) is 0 Å². The summed E-state index contributed by atoms with van der Waals surface area (Å²) in [5, 5.41) is 0. The van der Waals surface area contributed by atoms with Crippen LogP contribution in [0.1, 0.15) is 38.2 Å². The lowest BCUT2D eigenvalue weighted by Crippen LogP contribution is -2.47. The van der Waals surface area contributed by atoms with Gasteiger partial charge in [-0.05, 0) is 36.8 Å². The summed E-state index contributed by atoms with van der Waals surface area (Å²) in [4.78, 5) is 2.59. The molecule has 1 aromatic rings. The van der Waals surface area contributed by atoms with Crippen LogP contribution in [0.25, 0.3) is 0 Å². The predicted molar refractivity (Wildman–Crippen MR) is 84.9 cm³/mol. The molecule has 0 spiro atoms. The SMILES string of the molecule is CC1CCN(CC(C)c2ccccc2)C(CN)C1.Cl. The molecule has 3 heteroatoms. The molecule has 0 radical (unpaired) electrons. The van der Waals surface area contributed by atoms with Gasteiger partial charge in [0.05, 0.1) is 0 Å². The Kier molecular flexibility index (Phi) is 6.84. The molecule has 3 unspecified atom stereocenters. The molecule has 0 bridgehead atoms. The Labute approximate surface area is 123 Å². The van der Waals surface area contributed by atoms with Gasteiger partial charge in [-0.3, -0.25) is 4.90 Å². The molecular weight excluding hydrogens is 256 g/mol. The molecule has 0 aliphatic carbocycles. The minimum atomic E-state index is 0. The maximum absolute atomic E-state index is 5.93. The highest BCUT2D eigenvalue weighted by molar-refractivity contribution is 5.85. The molecule has 1 aliphatic rings. The van der Waals surface area contributed by atoms with E-state index in [0.717, 1.165) is 19.0 Å². The summed E-state index contributed by atoms with van der Waals surface area (Å²) in [5.41, 5.74) is 7.37. The third kappa shape index (κ3) is 4.48. The first-order valence-corrected chi connectivity index (χ1v) is 7.19. The minimum Gasteiger partial charge on any atom is -0.329 e. The van der Waals surface area contributed by atoms with Crippen LogP contribution in [0.4, 0.5) is 0 Å². The van der Waals surface area contributed by atoms with Crippen molar-refractivity contribution in [3.8, 4) is 0 Å². The molecule has 0 amide bonds. The molecule has 1 fully saturated rings. The Hall–Kier alpha value is -0.570. The van der Waals surface area contributed by atoms with E-state index in [2.05, 4.69) is 49.1 Å². The Morgan fingerprint density at radius 1 is 1.32 bits per heavy atom. The first-order valence-electron chi connectivity index (χ1n) is 7.19. The smallest absolute Gasteiger partial charge is 0.0221 e. The van der Waals surface area contributed by atoms with Crippen molar-refractivity contribution in [2.75, 3.05) is 19.6 Å². The van der Waals surface area contributed by atoms with Crippen molar-refractivity contribution in [3.63, 3.8) is 0 Å². The highest BCUT2D eigenvalue weighted by Gasteiger charge is 2.26. The molecular formula is C16H27ClN2. The molecule has 19 heavy (non-hydrogen) atoms. The van der Waals surface area contributed by atoms with Crippen molar-refractivity contribution < 1.29 is 0 Å². The summed E-state index contributed by atoms with van der Waals surface area (Å²) in [6.07, 6.45) is 2.58.